The minimum atomic E-state index is -1.88. The number of ether oxygens (including phenoxy) is 1. The molecule has 0 bridgehead atoms. The summed E-state index contributed by atoms with van der Waals surface area (Å²) in [5, 5.41) is 4.11. The van der Waals surface area contributed by atoms with Gasteiger partial charge in [-0.3, -0.25) is 0 Å². The average molecular weight is 535 g/mol. The Morgan fingerprint density at radius 2 is 1.24 bits per heavy atom. The lowest BCUT2D eigenvalue weighted by Gasteiger charge is -2.26. The number of esters is 1. The summed E-state index contributed by atoms with van der Waals surface area (Å²) in [7, 11) is -1.88. The van der Waals surface area contributed by atoms with E-state index in [2.05, 4.69) is 110 Å². The van der Waals surface area contributed by atoms with Gasteiger partial charge in [-0.15, -0.1) is 0 Å². The van der Waals surface area contributed by atoms with Crippen molar-refractivity contribution in [1.29, 1.82) is 0 Å². The van der Waals surface area contributed by atoms with Crippen molar-refractivity contribution in [1.82, 2.24) is 0 Å². The van der Waals surface area contributed by atoms with Gasteiger partial charge in [0.15, 0.2) is 0 Å². The van der Waals surface area contributed by atoms with Crippen LogP contribution in [0, 0.1) is 0 Å². The van der Waals surface area contributed by atoms with Crippen LogP contribution < -0.4 is 32.9 Å². The highest BCUT2D eigenvalue weighted by atomic mass is 79.9. The predicted octanol–water partition coefficient (Wildman–Crippen LogP) is 3.00. The molecule has 0 aliphatic carbocycles. The Morgan fingerprint density at radius 1 is 0.794 bits per heavy atom. The van der Waals surface area contributed by atoms with E-state index in [-0.39, 0.29) is 23.0 Å². The standard InChI is InChI=1S/C30H32O2P.BrH/c1-4-32-30(31)26(3)16-14-15-25(2)23-24-33(27-17-8-5-9-18-27,28-19-10-6-11-20-28)29-21-12-7-13-22-29;/h5-23H,4,24H2,1-3H3;1H/q+1;/p-1/b15-14+,25-23+,26-16-;. The molecule has 3 aromatic carbocycles. The quantitative estimate of drug-likeness (QED) is 0.182. The van der Waals surface area contributed by atoms with Gasteiger partial charge in [0.2, 0.25) is 0 Å². The van der Waals surface area contributed by atoms with Crippen LogP contribution in [0.3, 0.4) is 0 Å². The number of allylic oxidation sites excluding steroid dienone is 5. The zero-order chi connectivity index (χ0) is 23.5. The molecular formula is C30H32BrO2P. The molecule has 4 heteroatoms. The molecular weight excluding hydrogens is 503 g/mol. The maximum atomic E-state index is 11.8. The van der Waals surface area contributed by atoms with Gasteiger partial charge in [0.25, 0.3) is 0 Å². The van der Waals surface area contributed by atoms with E-state index in [1.54, 1.807) is 6.92 Å². The first kappa shape index (κ1) is 27.5. The fourth-order valence-electron chi connectivity index (χ4n) is 3.82. The number of carbonyl (C=O) groups excluding carboxylic acids is 1. The maximum Gasteiger partial charge on any atom is 0.333 e. The van der Waals surface area contributed by atoms with Gasteiger partial charge in [0.1, 0.15) is 23.2 Å². The van der Waals surface area contributed by atoms with Crippen LogP contribution in [0.2, 0.25) is 0 Å². The number of halogens is 1. The molecule has 0 atom stereocenters. The van der Waals surface area contributed by atoms with Crippen LogP contribution in [0.4, 0.5) is 0 Å². The number of hydrogen-bond acceptors (Lipinski definition) is 2. The molecule has 0 saturated carbocycles. The van der Waals surface area contributed by atoms with Crippen molar-refractivity contribution in [2.75, 3.05) is 12.8 Å². The van der Waals surface area contributed by atoms with Crippen LogP contribution in [0.1, 0.15) is 20.8 Å². The monoisotopic (exact) mass is 534 g/mol. The molecule has 3 rings (SSSR count). The minimum absolute atomic E-state index is 0. The number of hydrogen-bond donors (Lipinski definition) is 0. The zero-order valence-corrected chi connectivity index (χ0v) is 22.5. The van der Waals surface area contributed by atoms with Crippen LogP contribution in [0.5, 0.6) is 0 Å². The van der Waals surface area contributed by atoms with Gasteiger partial charge in [0.05, 0.1) is 12.8 Å². The first-order valence-electron chi connectivity index (χ1n) is 11.3. The van der Waals surface area contributed by atoms with E-state index in [0.29, 0.717) is 12.2 Å². The van der Waals surface area contributed by atoms with Crippen molar-refractivity contribution < 1.29 is 26.5 Å². The average Bonchev–Trinajstić information content (AvgIpc) is 2.86. The lowest BCUT2D eigenvalue weighted by molar-refractivity contribution is -0.138. The van der Waals surface area contributed by atoms with Crippen LogP contribution >= 0.6 is 7.26 Å². The fraction of sp³-hybridized carbons (Fsp3) is 0.167. The summed E-state index contributed by atoms with van der Waals surface area (Å²) in [6.07, 6.45) is 9.03. The van der Waals surface area contributed by atoms with E-state index < -0.39 is 7.26 Å². The van der Waals surface area contributed by atoms with E-state index in [9.17, 15) is 4.79 Å². The summed E-state index contributed by atoms with van der Waals surface area (Å²) in [5.41, 5.74) is 1.76. The summed E-state index contributed by atoms with van der Waals surface area (Å²) in [6.45, 7) is 6.09. The number of rotatable bonds is 9. The molecule has 0 unspecified atom stereocenters. The van der Waals surface area contributed by atoms with Crippen LogP contribution in [-0.4, -0.2) is 18.7 Å². The summed E-state index contributed by atoms with van der Waals surface area (Å²) in [6, 6.07) is 32.6. The van der Waals surface area contributed by atoms with Gasteiger partial charge >= 0.3 is 5.97 Å². The second-order valence-electron chi connectivity index (χ2n) is 7.88. The first-order chi connectivity index (χ1) is 16.1. The van der Waals surface area contributed by atoms with E-state index in [1.165, 1.54) is 15.9 Å². The van der Waals surface area contributed by atoms with E-state index in [1.807, 2.05) is 19.1 Å². The molecule has 0 aromatic heterocycles. The summed E-state index contributed by atoms with van der Waals surface area (Å²) in [4.78, 5) is 11.8. The number of carbonyl (C=O) groups is 1. The molecule has 0 N–H and O–H groups in total. The van der Waals surface area contributed by atoms with Crippen molar-refractivity contribution in [3.63, 3.8) is 0 Å². The molecule has 0 radical (unpaired) electrons. The third-order valence-electron chi connectivity index (χ3n) is 5.58. The second kappa shape index (κ2) is 13.8. The molecule has 0 heterocycles. The van der Waals surface area contributed by atoms with Crippen molar-refractivity contribution >= 4 is 29.1 Å². The van der Waals surface area contributed by atoms with Gasteiger partial charge in [-0.2, -0.15) is 0 Å². The van der Waals surface area contributed by atoms with E-state index in [4.69, 9.17) is 4.74 Å². The van der Waals surface area contributed by atoms with Crippen LogP contribution in [-0.2, 0) is 9.53 Å². The fourth-order valence-corrected chi connectivity index (χ4v) is 7.95. The SMILES string of the molecule is CCOC(=O)\C(C)=C/C=C/C(C)=C/C[P+](c1ccccc1)(c1ccccc1)c1ccccc1.[Br-]. The number of benzene rings is 3. The van der Waals surface area contributed by atoms with Crippen LogP contribution in [0.15, 0.2) is 126 Å². The lowest BCUT2D eigenvalue weighted by Crippen LogP contribution is -3.00. The van der Waals surface area contributed by atoms with Crippen molar-refractivity contribution in [3.8, 4) is 0 Å². The lowest BCUT2D eigenvalue weighted by atomic mass is 10.2. The minimum Gasteiger partial charge on any atom is -1.00 e. The third kappa shape index (κ3) is 6.88. The van der Waals surface area contributed by atoms with Crippen molar-refractivity contribution in [2.24, 2.45) is 0 Å². The van der Waals surface area contributed by atoms with Crippen molar-refractivity contribution in [3.05, 3.63) is 126 Å². The molecule has 176 valence electrons. The molecule has 3 aromatic rings. The van der Waals surface area contributed by atoms with E-state index >= 15 is 0 Å². The predicted molar refractivity (Wildman–Crippen MR) is 143 cm³/mol. The van der Waals surface area contributed by atoms with Gasteiger partial charge < -0.3 is 21.7 Å². The Balaban J connectivity index is 0.00000408. The summed E-state index contributed by atoms with van der Waals surface area (Å²) >= 11 is 0. The highest BCUT2D eigenvalue weighted by molar-refractivity contribution is 7.95. The largest absolute Gasteiger partial charge is 1.00 e. The Hall–Kier alpha value is -2.74. The Labute approximate surface area is 215 Å². The maximum absolute atomic E-state index is 11.8. The summed E-state index contributed by atoms with van der Waals surface area (Å²) < 4.78 is 5.05. The molecule has 0 amide bonds. The Bertz CT molecular complexity index is 1020. The van der Waals surface area contributed by atoms with Crippen molar-refractivity contribution in [2.45, 2.75) is 20.8 Å². The van der Waals surface area contributed by atoms with Crippen LogP contribution in [0.25, 0.3) is 0 Å². The molecule has 34 heavy (non-hydrogen) atoms. The molecule has 0 saturated heterocycles. The highest BCUT2D eigenvalue weighted by Crippen LogP contribution is 2.55. The molecule has 0 fully saturated rings. The Morgan fingerprint density at radius 3 is 1.65 bits per heavy atom. The normalized spacial score (nSPS) is 12.3. The highest BCUT2D eigenvalue weighted by Gasteiger charge is 2.44. The molecule has 0 spiro atoms. The molecule has 0 aliphatic rings. The van der Waals surface area contributed by atoms with E-state index in [0.717, 1.165) is 11.7 Å². The molecule has 2 nitrogen and oxygen atoms in total. The van der Waals surface area contributed by atoms with Gasteiger partial charge in [-0.1, -0.05) is 78.4 Å². The Kier molecular flexibility index (Phi) is 11.2. The summed E-state index contributed by atoms with van der Waals surface area (Å²) in [5.74, 6) is -0.272. The first-order valence-corrected chi connectivity index (χ1v) is 13.3. The topological polar surface area (TPSA) is 26.3 Å². The smallest absolute Gasteiger partial charge is 0.333 e. The third-order valence-corrected chi connectivity index (χ3v) is 9.85. The molecule has 0 aliphatic heterocycles. The van der Waals surface area contributed by atoms with Gasteiger partial charge in [0, 0.05) is 5.57 Å². The van der Waals surface area contributed by atoms with Gasteiger partial charge in [-0.05, 0) is 63.2 Å². The van der Waals surface area contributed by atoms with Gasteiger partial charge in [-0.25, -0.2) is 4.79 Å². The zero-order valence-electron chi connectivity index (χ0n) is 20.0. The second-order valence-corrected chi connectivity index (χ2v) is 11.4.